The minimum atomic E-state index is -0.616. The lowest BCUT2D eigenvalue weighted by molar-refractivity contribution is -0.129. The van der Waals surface area contributed by atoms with Crippen LogP contribution in [0, 0.1) is 12.7 Å². The van der Waals surface area contributed by atoms with Crippen molar-refractivity contribution in [1.82, 2.24) is 4.90 Å². The molecule has 32 heavy (non-hydrogen) atoms. The zero-order chi connectivity index (χ0) is 22.5. The Morgan fingerprint density at radius 1 is 1.09 bits per heavy atom. The van der Waals surface area contributed by atoms with Gasteiger partial charge in [-0.15, -0.1) is 0 Å². The van der Waals surface area contributed by atoms with E-state index in [1.165, 1.54) is 23.9 Å². The van der Waals surface area contributed by atoms with Crippen LogP contribution in [0.5, 0.6) is 0 Å². The van der Waals surface area contributed by atoms with Gasteiger partial charge in [0.1, 0.15) is 11.1 Å². The van der Waals surface area contributed by atoms with Gasteiger partial charge in [-0.25, -0.2) is 9.38 Å². The van der Waals surface area contributed by atoms with E-state index in [9.17, 15) is 14.0 Å². The lowest BCUT2D eigenvalue weighted by Crippen LogP contribution is -2.44. The minimum Gasteiger partial charge on any atom is -0.325 e. The van der Waals surface area contributed by atoms with E-state index >= 15 is 0 Å². The third kappa shape index (κ3) is 5.42. The highest BCUT2D eigenvalue weighted by atomic mass is 32.2. The fourth-order valence-electron chi connectivity index (χ4n) is 3.33. The number of amides is 2. The van der Waals surface area contributed by atoms with Gasteiger partial charge in [0.25, 0.3) is 0 Å². The molecule has 7 heteroatoms. The molecule has 0 aromatic heterocycles. The number of benzene rings is 3. The maximum absolute atomic E-state index is 13.3. The molecule has 1 aliphatic heterocycles. The van der Waals surface area contributed by atoms with Gasteiger partial charge in [-0.2, -0.15) is 0 Å². The monoisotopic (exact) mass is 447 g/mol. The summed E-state index contributed by atoms with van der Waals surface area (Å²) in [5.74, 6) is -0.796. The van der Waals surface area contributed by atoms with E-state index in [2.05, 4.69) is 10.3 Å². The summed E-state index contributed by atoms with van der Waals surface area (Å²) >= 11 is 1.24. The Kier molecular flexibility index (Phi) is 6.66. The van der Waals surface area contributed by atoms with Gasteiger partial charge < -0.3 is 5.32 Å². The van der Waals surface area contributed by atoms with Gasteiger partial charge in [0.05, 0.1) is 12.2 Å². The normalized spacial score (nSPS) is 17.4. The molecule has 0 bridgehead atoms. The number of amidine groups is 1. The average Bonchev–Trinajstić information content (AvgIpc) is 2.78. The van der Waals surface area contributed by atoms with E-state index in [4.69, 9.17) is 0 Å². The summed E-state index contributed by atoms with van der Waals surface area (Å²) in [5.41, 5.74) is 3.19. The molecule has 1 heterocycles. The molecule has 0 aliphatic carbocycles. The largest absolute Gasteiger partial charge is 0.325 e. The molecule has 3 aromatic carbocycles. The Bertz CT molecular complexity index is 1150. The number of aliphatic imine (C=N–C) groups is 1. The van der Waals surface area contributed by atoms with Crippen LogP contribution in [-0.2, 0) is 16.1 Å². The van der Waals surface area contributed by atoms with Crippen LogP contribution < -0.4 is 5.32 Å². The molecule has 4 rings (SSSR count). The van der Waals surface area contributed by atoms with Crippen molar-refractivity contribution in [1.29, 1.82) is 0 Å². The zero-order valence-corrected chi connectivity index (χ0v) is 18.3. The minimum absolute atomic E-state index is 0.0671. The number of carbonyl (C=O) groups excluding carboxylic acids is 2. The molecule has 0 radical (unpaired) electrons. The molecule has 5 nitrogen and oxygen atoms in total. The first-order valence-corrected chi connectivity index (χ1v) is 11.1. The Morgan fingerprint density at radius 3 is 2.56 bits per heavy atom. The van der Waals surface area contributed by atoms with Crippen LogP contribution in [0.2, 0.25) is 0 Å². The second-order valence-corrected chi connectivity index (χ2v) is 8.68. The van der Waals surface area contributed by atoms with Crippen molar-refractivity contribution < 1.29 is 14.0 Å². The summed E-state index contributed by atoms with van der Waals surface area (Å²) in [5, 5.41) is 2.70. The summed E-state index contributed by atoms with van der Waals surface area (Å²) < 4.78 is 13.3. The quantitative estimate of drug-likeness (QED) is 0.578. The molecular formula is C25H22FN3O2S. The summed E-state index contributed by atoms with van der Waals surface area (Å²) in [6, 6.07) is 22.8. The van der Waals surface area contributed by atoms with Crippen molar-refractivity contribution >= 4 is 40.1 Å². The van der Waals surface area contributed by atoms with E-state index in [1.54, 1.807) is 17.0 Å². The number of rotatable bonds is 5. The van der Waals surface area contributed by atoms with E-state index in [0.717, 1.165) is 11.1 Å². The Labute approximate surface area is 190 Å². The standard InChI is InChI=1S/C25H22FN3O2S/c1-17-6-5-9-21(14-17)27-24(31)22-15-23(30)29(16-18-7-3-2-4-8-18)25(32-22)28-20-12-10-19(26)11-13-20/h2-14,22H,15-16H2,1H3,(H,27,31)/t22-/m1/s1. The van der Waals surface area contributed by atoms with Gasteiger partial charge in [0.2, 0.25) is 11.8 Å². The van der Waals surface area contributed by atoms with Crippen LogP contribution >= 0.6 is 11.8 Å². The van der Waals surface area contributed by atoms with Crippen LogP contribution in [0.15, 0.2) is 83.9 Å². The third-order valence-corrected chi connectivity index (χ3v) is 6.14. The van der Waals surface area contributed by atoms with Crippen LogP contribution in [-0.4, -0.2) is 27.1 Å². The Morgan fingerprint density at radius 2 is 1.84 bits per heavy atom. The lowest BCUT2D eigenvalue weighted by Gasteiger charge is -2.32. The number of hydrogen-bond acceptors (Lipinski definition) is 4. The lowest BCUT2D eigenvalue weighted by atomic mass is 10.2. The number of carbonyl (C=O) groups is 2. The predicted molar refractivity (Wildman–Crippen MR) is 126 cm³/mol. The topological polar surface area (TPSA) is 61.8 Å². The van der Waals surface area contributed by atoms with Crippen molar-refractivity contribution in [3.05, 3.63) is 95.8 Å². The summed E-state index contributed by atoms with van der Waals surface area (Å²) in [6.45, 7) is 2.29. The number of anilines is 1. The molecule has 0 unspecified atom stereocenters. The number of halogens is 1. The van der Waals surface area contributed by atoms with Gasteiger partial charge in [-0.05, 0) is 54.4 Å². The van der Waals surface area contributed by atoms with Gasteiger partial charge in [-0.1, -0.05) is 54.2 Å². The van der Waals surface area contributed by atoms with Crippen molar-refractivity contribution in [3.63, 3.8) is 0 Å². The number of nitrogens with one attached hydrogen (secondary N) is 1. The van der Waals surface area contributed by atoms with Gasteiger partial charge in [-0.3, -0.25) is 14.5 Å². The molecule has 1 N–H and O–H groups in total. The second-order valence-electron chi connectivity index (χ2n) is 7.51. The molecule has 3 aromatic rings. The third-order valence-electron chi connectivity index (χ3n) is 4.95. The number of thioether (sulfide) groups is 1. The zero-order valence-electron chi connectivity index (χ0n) is 17.5. The molecule has 0 spiro atoms. The molecular weight excluding hydrogens is 425 g/mol. The van der Waals surface area contributed by atoms with Gasteiger partial charge in [0, 0.05) is 12.1 Å². The van der Waals surface area contributed by atoms with Crippen molar-refractivity contribution in [2.75, 3.05) is 5.32 Å². The van der Waals surface area contributed by atoms with E-state index < -0.39 is 5.25 Å². The predicted octanol–water partition coefficient (Wildman–Crippen LogP) is 5.29. The summed E-state index contributed by atoms with van der Waals surface area (Å²) in [4.78, 5) is 32.2. The molecule has 1 saturated heterocycles. The molecule has 0 saturated carbocycles. The summed E-state index contributed by atoms with van der Waals surface area (Å²) in [7, 11) is 0. The SMILES string of the molecule is Cc1cccc(NC(=O)[C@H]2CC(=O)N(Cc3ccccc3)C(=Nc3ccc(F)cc3)S2)c1. The maximum Gasteiger partial charge on any atom is 0.238 e. The van der Waals surface area contributed by atoms with Crippen molar-refractivity contribution in [3.8, 4) is 0 Å². The number of nitrogens with zero attached hydrogens (tertiary/aromatic N) is 2. The molecule has 2 amide bonds. The van der Waals surface area contributed by atoms with Crippen LogP contribution in [0.4, 0.5) is 15.8 Å². The van der Waals surface area contributed by atoms with E-state index in [0.29, 0.717) is 23.1 Å². The molecule has 1 aliphatic rings. The fourth-order valence-corrected chi connectivity index (χ4v) is 4.43. The van der Waals surface area contributed by atoms with Gasteiger partial charge in [0.15, 0.2) is 5.17 Å². The van der Waals surface area contributed by atoms with E-state index in [1.807, 2.05) is 61.5 Å². The van der Waals surface area contributed by atoms with Crippen molar-refractivity contribution in [2.45, 2.75) is 25.1 Å². The second kappa shape index (κ2) is 9.78. The average molecular weight is 448 g/mol. The van der Waals surface area contributed by atoms with E-state index in [-0.39, 0.29) is 24.1 Å². The van der Waals surface area contributed by atoms with Crippen molar-refractivity contribution in [2.24, 2.45) is 4.99 Å². The first-order valence-electron chi connectivity index (χ1n) is 10.2. The number of hydrogen-bond donors (Lipinski definition) is 1. The highest BCUT2D eigenvalue weighted by Gasteiger charge is 2.36. The maximum atomic E-state index is 13.3. The first kappa shape index (κ1) is 21.8. The van der Waals surface area contributed by atoms with Crippen LogP contribution in [0.25, 0.3) is 0 Å². The summed E-state index contributed by atoms with van der Waals surface area (Å²) in [6.07, 6.45) is 0.0671. The molecule has 1 fully saturated rings. The highest BCUT2D eigenvalue weighted by Crippen LogP contribution is 2.31. The van der Waals surface area contributed by atoms with Gasteiger partial charge >= 0.3 is 0 Å². The fraction of sp³-hybridized carbons (Fsp3) is 0.160. The van der Waals surface area contributed by atoms with Crippen LogP contribution in [0.1, 0.15) is 17.5 Å². The van der Waals surface area contributed by atoms with Crippen LogP contribution in [0.3, 0.4) is 0 Å². The highest BCUT2D eigenvalue weighted by molar-refractivity contribution is 8.15. The smallest absolute Gasteiger partial charge is 0.238 e. The molecule has 162 valence electrons. The Hall–Kier alpha value is -3.45. The molecule has 1 atom stereocenters. The number of aryl methyl sites for hydroxylation is 1. The Balaban J connectivity index is 1.59. The first-order chi connectivity index (χ1) is 15.5.